The van der Waals surface area contributed by atoms with E-state index in [0.29, 0.717) is 0 Å². The number of aliphatic hydroxyl groups is 1. The molecule has 0 aromatic carbocycles. The lowest BCUT2D eigenvalue weighted by atomic mass is 10.2. The van der Waals surface area contributed by atoms with Crippen molar-refractivity contribution in [2.24, 2.45) is 5.73 Å². The molecule has 0 saturated heterocycles. The molecular formula is C9H12N2O. The van der Waals surface area contributed by atoms with Crippen molar-refractivity contribution in [3.05, 3.63) is 36.2 Å². The van der Waals surface area contributed by atoms with Crippen molar-refractivity contribution in [3.63, 3.8) is 0 Å². The molecule has 1 rings (SSSR count). The molecule has 0 bridgehead atoms. The molecule has 0 spiro atoms. The zero-order valence-corrected chi connectivity index (χ0v) is 6.72. The van der Waals surface area contributed by atoms with Gasteiger partial charge in [-0.2, -0.15) is 0 Å². The minimum Gasteiger partial charge on any atom is -0.388 e. The highest BCUT2D eigenvalue weighted by molar-refractivity contribution is 5.47. The summed E-state index contributed by atoms with van der Waals surface area (Å²) in [5.41, 5.74) is 6.18. The fraction of sp³-hybridized carbons (Fsp3) is 0.222. The van der Waals surface area contributed by atoms with Crippen molar-refractivity contribution >= 4 is 6.08 Å². The maximum atomic E-state index is 9.09. The third-order valence-corrected chi connectivity index (χ3v) is 1.44. The summed E-state index contributed by atoms with van der Waals surface area (Å²) in [6, 6.07) is 3.75. The van der Waals surface area contributed by atoms with Crippen molar-refractivity contribution in [2.45, 2.75) is 6.10 Å². The van der Waals surface area contributed by atoms with Gasteiger partial charge in [0, 0.05) is 18.9 Å². The van der Waals surface area contributed by atoms with E-state index in [-0.39, 0.29) is 6.54 Å². The van der Waals surface area contributed by atoms with Crippen LogP contribution < -0.4 is 5.73 Å². The van der Waals surface area contributed by atoms with Gasteiger partial charge in [-0.05, 0) is 11.6 Å². The molecule has 1 unspecified atom stereocenters. The normalized spacial score (nSPS) is 13.5. The number of nitrogens with two attached hydrogens (primary N) is 1. The summed E-state index contributed by atoms with van der Waals surface area (Å²) in [6.45, 7) is 0.247. The van der Waals surface area contributed by atoms with Gasteiger partial charge < -0.3 is 10.8 Å². The second kappa shape index (κ2) is 4.64. The number of pyridine rings is 1. The molecule has 12 heavy (non-hydrogen) atoms. The van der Waals surface area contributed by atoms with Gasteiger partial charge in [0.05, 0.1) is 6.10 Å². The summed E-state index contributed by atoms with van der Waals surface area (Å²) in [6.07, 6.45) is 6.31. The van der Waals surface area contributed by atoms with Crippen LogP contribution in [0.5, 0.6) is 0 Å². The smallest absolute Gasteiger partial charge is 0.0846 e. The van der Waals surface area contributed by atoms with E-state index in [1.807, 2.05) is 12.1 Å². The Balaban J connectivity index is 2.58. The van der Waals surface area contributed by atoms with E-state index >= 15 is 0 Å². The Bertz CT molecular complexity index is 246. The average Bonchev–Trinajstić information content (AvgIpc) is 2.16. The van der Waals surface area contributed by atoms with E-state index in [4.69, 9.17) is 10.8 Å². The van der Waals surface area contributed by atoms with Crippen molar-refractivity contribution in [2.75, 3.05) is 6.54 Å². The highest BCUT2D eigenvalue weighted by Gasteiger charge is 1.92. The number of aromatic nitrogens is 1. The lowest BCUT2D eigenvalue weighted by Crippen LogP contribution is -2.16. The largest absolute Gasteiger partial charge is 0.388 e. The van der Waals surface area contributed by atoms with E-state index in [9.17, 15) is 0 Å². The van der Waals surface area contributed by atoms with Gasteiger partial charge in [0.25, 0.3) is 0 Å². The molecule has 1 aromatic rings. The molecule has 0 fully saturated rings. The average molecular weight is 164 g/mol. The van der Waals surface area contributed by atoms with Crippen LogP contribution in [0, 0.1) is 0 Å². The molecule has 1 atom stereocenters. The van der Waals surface area contributed by atoms with Gasteiger partial charge in [-0.3, -0.25) is 4.98 Å². The molecule has 0 radical (unpaired) electrons. The predicted molar refractivity (Wildman–Crippen MR) is 48.3 cm³/mol. The van der Waals surface area contributed by atoms with Crippen LogP contribution in [0.2, 0.25) is 0 Å². The lowest BCUT2D eigenvalue weighted by Gasteiger charge is -1.98. The first-order valence-electron chi connectivity index (χ1n) is 3.79. The molecule has 0 aliphatic rings. The fourth-order valence-electron chi connectivity index (χ4n) is 0.775. The van der Waals surface area contributed by atoms with E-state index < -0.39 is 6.10 Å². The summed E-state index contributed by atoms with van der Waals surface area (Å²) in [5.74, 6) is 0. The number of hydrogen-bond acceptors (Lipinski definition) is 3. The lowest BCUT2D eigenvalue weighted by molar-refractivity contribution is 0.232. The van der Waals surface area contributed by atoms with E-state index in [0.717, 1.165) is 5.56 Å². The maximum Gasteiger partial charge on any atom is 0.0846 e. The first-order chi connectivity index (χ1) is 5.83. The van der Waals surface area contributed by atoms with Gasteiger partial charge in [0.15, 0.2) is 0 Å². The van der Waals surface area contributed by atoms with Crippen molar-refractivity contribution in [3.8, 4) is 0 Å². The van der Waals surface area contributed by atoms with E-state index in [2.05, 4.69) is 4.98 Å². The number of aliphatic hydroxyl groups excluding tert-OH is 1. The van der Waals surface area contributed by atoms with Crippen LogP contribution in [-0.4, -0.2) is 22.7 Å². The number of hydrogen-bond donors (Lipinski definition) is 2. The van der Waals surface area contributed by atoms with Crippen LogP contribution in [0.3, 0.4) is 0 Å². The molecule has 1 aromatic heterocycles. The number of nitrogens with zero attached hydrogens (tertiary/aromatic N) is 1. The monoisotopic (exact) mass is 164 g/mol. The Morgan fingerprint density at radius 3 is 3.08 bits per heavy atom. The highest BCUT2D eigenvalue weighted by Crippen LogP contribution is 1.99. The molecule has 0 aliphatic heterocycles. The summed E-state index contributed by atoms with van der Waals surface area (Å²) in [7, 11) is 0. The minimum atomic E-state index is -0.565. The molecule has 3 nitrogen and oxygen atoms in total. The first kappa shape index (κ1) is 8.90. The van der Waals surface area contributed by atoms with Crippen LogP contribution in [0.1, 0.15) is 5.56 Å². The molecule has 0 saturated carbocycles. The van der Waals surface area contributed by atoms with Crippen LogP contribution in [0.4, 0.5) is 0 Å². The van der Waals surface area contributed by atoms with Crippen LogP contribution in [-0.2, 0) is 0 Å². The zero-order valence-electron chi connectivity index (χ0n) is 6.72. The Kier molecular flexibility index (Phi) is 3.44. The molecule has 0 aliphatic carbocycles. The quantitative estimate of drug-likeness (QED) is 0.680. The zero-order chi connectivity index (χ0) is 8.81. The third-order valence-electron chi connectivity index (χ3n) is 1.44. The molecule has 3 N–H and O–H groups in total. The van der Waals surface area contributed by atoms with E-state index in [1.54, 1.807) is 24.5 Å². The molecule has 3 heteroatoms. The third kappa shape index (κ3) is 2.82. The Hall–Kier alpha value is -1.19. The van der Waals surface area contributed by atoms with Crippen molar-refractivity contribution < 1.29 is 5.11 Å². The van der Waals surface area contributed by atoms with Gasteiger partial charge in [-0.15, -0.1) is 0 Å². The fourth-order valence-corrected chi connectivity index (χ4v) is 0.775. The van der Waals surface area contributed by atoms with Crippen LogP contribution in [0.25, 0.3) is 6.08 Å². The van der Waals surface area contributed by atoms with Gasteiger partial charge in [-0.1, -0.05) is 18.2 Å². The topological polar surface area (TPSA) is 59.1 Å². The molecule has 0 amide bonds. The van der Waals surface area contributed by atoms with Crippen molar-refractivity contribution in [1.29, 1.82) is 0 Å². The van der Waals surface area contributed by atoms with Gasteiger partial charge in [0.2, 0.25) is 0 Å². The molecule has 64 valence electrons. The summed E-state index contributed by atoms with van der Waals surface area (Å²) in [4.78, 5) is 3.92. The van der Waals surface area contributed by atoms with E-state index in [1.165, 1.54) is 0 Å². The Labute approximate surface area is 71.6 Å². The maximum absolute atomic E-state index is 9.09. The second-order valence-corrected chi connectivity index (χ2v) is 2.45. The SMILES string of the molecule is NCC(O)/C=C/c1cccnc1. The Morgan fingerprint density at radius 1 is 1.67 bits per heavy atom. The summed E-state index contributed by atoms with van der Waals surface area (Å²) < 4.78 is 0. The van der Waals surface area contributed by atoms with Crippen molar-refractivity contribution in [1.82, 2.24) is 4.98 Å². The Morgan fingerprint density at radius 2 is 2.50 bits per heavy atom. The van der Waals surface area contributed by atoms with Gasteiger partial charge >= 0.3 is 0 Å². The number of rotatable bonds is 3. The second-order valence-electron chi connectivity index (χ2n) is 2.45. The van der Waals surface area contributed by atoms with Crippen LogP contribution >= 0.6 is 0 Å². The molecule has 1 heterocycles. The summed E-state index contributed by atoms with van der Waals surface area (Å²) >= 11 is 0. The van der Waals surface area contributed by atoms with Crippen LogP contribution in [0.15, 0.2) is 30.6 Å². The standard InChI is InChI=1S/C9H12N2O/c10-6-9(12)4-3-8-2-1-5-11-7-8/h1-5,7,9,12H,6,10H2/b4-3+. The van der Waals surface area contributed by atoms with Gasteiger partial charge in [-0.25, -0.2) is 0 Å². The first-order valence-corrected chi connectivity index (χ1v) is 3.79. The minimum absolute atomic E-state index is 0.247. The molecular weight excluding hydrogens is 152 g/mol. The summed E-state index contributed by atoms with van der Waals surface area (Å²) in [5, 5.41) is 9.09. The highest BCUT2D eigenvalue weighted by atomic mass is 16.3. The van der Waals surface area contributed by atoms with Gasteiger partial charge in [0.1, 0.15) is 0 Å². The predicted octanol–water partition coefficient (Wildman–Crippen LogP) is 0.414.